The summed E-state index contributed by atoms with van der Waals surface area (Å²) in [7, 11) is 7.15. The van der Waals surface area contributed by atoms with Gasteiger partial charge in [0.1, 0.15) is 0 Å². The fourth-order valence-electron chi connectivity index (χ4n) is 6.76. The first-order valence-corrected chi connectivity index (χ1v) is 14.3. The number of rotatable bonds is 3. The Bertz CT molecular complexity index is 2470. The number of hydrogen-bond acceptors (Lipinski definition) is 9. The van der Waals surface area contributed by atoms with Crippen LogP contribution in [0.2, 0.25) is 0 Å². The van der Waals surface area contributed by atoms with Crippen LogP contribution in [0.15, 0.2) is 41.2 Å². The quantitative estimate of drug-likeness (QED) is 0.196. The number of aliphatic hydroxyl groups excluding tert-OH is 1. The zero-order valence-electron chi connectivity index (χ0n) is 25.8. The van der Waals surface area contributed by atoms with E-state index >= 15 is 0 Å². The number of aromatic amines is 1. The molecule has 0 unspecified atom stereocenters. The highest BCUT2D eigenvalue weighted by Gasteiger charge is 2.32. The van der Waals surface area contributed by atoms with Crippen LogP contribution in [0.25, 0.3) is 60.9 Å². The molecule has 0 saturated heterocycles. The van der Waals surface area contributed by atoms with Gasteiger partial charge in [-0.3, -0.25) is 25.0 Å². The Balaban J connectivity index is 1.87. The van der Waals surface area contributed by atoms with Crippen molar-refractivity contribution in [3.8, 4) is 22.4 Å². The third-order valence-electron chi connectivity index (χ3n) is 8.49. The van der Waals surface area contributed by atoms with Gasteiger partial charge >= 0.3 is 11.9 Å². The number of benzene rings is 2. The summed E-state index contributed by atoms with van der Waals surface area (Å²) in [6, 6.07) is 10.4. The molecule has 0 fully saturated rings. The van der Waals surface area contributed by atoms with Gasteiger partial charge in [-0.15, -0.1) is 0 Å². The molecule has 3 aliphatic heterocycles. The number of carbonyl (C=O) groups is 2. The fourth-order valence-corrected chi connectivity index (χ4v) is 6.76. The van der Waals surface area contributed by atoms with Crippen molar-refractivity contribution in [3.63, 3.8) is 0 Å². The van der Waals surface area contributed by atoms with Crippen LogP contribution >= 0.6 is 0 Å². The summed E-state index contributed by atoms with van der Waals surface area (Å²) in [4.78, 5) is 57.5. The third kappa shape index (κ3) is 3.84. The van der Waals surface area contributed by atoms with E-state index in [9.17, 15) is 29.7 Å². The number of hydrogen-bond donors (Lipinski definition) is 5. The molecule has 13 heteroatoms. The summed E-state index contributed by atoms with van der Waals surface area (Å²) in [5.74, 6) is -3.51. The zero-order chi connectivity index (χ0) is 32.9. The first-order valence-electron chi connectivity index (χ1n) is 14.3. The molecule has 232 valence electrons. The average Bonchev–Trinajstić information content (AvgIpc) is 2.99. The average molecular weight is 620 g/mol. The van der Waals surface area contributed by atoms with Crippen molar-refractivity contribution >= 4 is 61.8 Å². The first-order chi connectivity index (χ1) is 21.8. The maximum atomic E-state index is 14.3. The Kier molecular flexibility index (Phi) is 6.04. The molecule has 8 bridgehead atoms. The predicted molar refractivity (Wildman–Crippen MR) is 177 cm³/mol. The molecule has 7 rings (SSSR count). The van der Waals surface area contributed by atoms with Gasteiger partial charge in [0.2, 0.25) is 0 Å². The molecule has 0 radical (unpaired) electrons. The van der Waals surface area contributed by atoms with E-state index in [-0.39, 0.29) is 27.8 Å². The molecule has 13 nitrogen and oxygen atoms in total. The second-order valence-corrected chi connectivity index (χ2v) is 11.8. The molecule has 5 N–H and O–H groups in total. The maximum Gasteiger partial charge on any atom is 0.355 e. The molecule has 2 aromatic heterocycles. The monoisotopic (exact) mass is 619 g/mol. The summed E-state index contributed by atoms with van der Waals surface area (Å²) >= 11 is 0. The number of pyridine rings is 3. The molecule has 46 heavy (non-hydrogen) atoms. The van der Waals surface area contributed by atoms with Crippen molar-refractivity contribution in [2.24, 2.45) is 0 Å². The number of aryl methyl sites for hydroxylation is 2. The van der Waals surface area contributed by atoms with Crippen LogP contribution in [0.3, 0.4) is 0 Å². The zero-order valence-corrected chi connectivity index (χ0v) is 25.8. The van der Waals surface area contributed by atoms with E-state index < -0.39 is 34.4 Å². The predicted octanol–water partition coefficient (Wildman–Crippen LogP) is 3.80. The number of amides is 1. The maximum absolute atomic E-state index is 14.3. The van der Waals surface area contributed by atoms with Crippen molar-refractivity contribution < 1.29 is 24.9 Å². The molecule has 5 heterocycles. The van der Waals surface area contributed by atoms with Gasteiger partial charge in [-0.05, 0) is 49.1 Å². The molecule has 0 saturated carbocycles. The highest BCUT2D eigenvalue weighted by Crippen LogP contribution is 2.40. The van der Waals surface area contributed by atoms with Crippen LogP contribution in [-0.4, -0.2) is 75.0 Å². The molecule has 2 aromatic carbocycles. The molecule has 0 aliphatic carbocycles. The van der Waals surface area contributed by atoms with Gasteiger partial charge in [0.15, 0.2) is 11.0 Å². The number of aliphatic hydroxyl groups is 2. The van der Waals surface area contributed by atoms with Crippen molar-refractivity contribution in [3.05, 3.63) is 74.7 Å². The van der Waals surface area contributed by atoms with Gasteiger partial charge in [0.25, 0.3) is 11.5 Å². The second-order valence-electron chi connectivity index (χ2n) is 11.8. The molecule has 3 aliphatic rings. The number of anilines is 2. The number of fused-ring (bicyclic) bond motifs is 10. The van der Waals surface area contributed by atoms with Crippen LogP contribution in [0, 0.1) is 13.8 Å². The Labute approximate surface area is 260 Å². The van der Waals surface area contributed by atoms with Crippen LogP contribution < -0.4 is 26.1 Å². The highest BCUT2D eigenvalue weighted by atomic mass is 16.5. The number of aromatic nitrogens is 4. The summed E-state index contributed by atoms with van der Waals surface area (Å²) in [6.45, 7) is 3.39. The molecule has 4 aromatic rings. The number of carboxylic acids is 1. The number of carbonyl (C=O) groups excluding carboxylic acids is 1. The van der Waals surface area contributed by atoms with Crippen molar-refractivity contribution in [1.29, 1.82) is 0 Å². The van der Waals surface area contributed by atoms with Crippen LogP contribution in [0.1, 0.15) is 32.2 Å². The lowest BCUT2D eigenvalue weighted by molar-refractivity contribution is 0.0686. The normalized spacial score (nSPS) is 12.3. The topological polar surface area (TPSA) is 177 Å². The second kappa shape index (κ2) is 9.69. The third-order valence-corrected chi connectivity index (χ3v) is 8.49. The Morgan fingerprint density at radius 3 is 2.07 bits per heavy atom. The molecule has 0 atom stereocenters. The van der Waals surface area contributed by atoms with Gasteiger partial charge < -0.3 is 30.1 Å². The van der Waals surface area contributed by atoms with E-state index in [1.807, 2.05) is 0 Å². The Morgan fingerprint density at radius 1 is 0.804 bits per heavy atom. The summed E-state index contributed by atoms with van der Waals surface area (Å²) < 4.78 is 0.857. The summed E-state index contributed by atoms with van der Waals surface area (Å²) in [6.07, 6.45) is 0. The first kappa shape index (κ1) is 28.6. The van der Waals surface area contributed by atoms with Gasteiger partial charge in [0.05, 0.1) is 50.4 Å². The molecule has 0 spiro atoms. The van der Waals surface area contributed by atoms with Crippen molar-refractivity contribution in [2.75, 3.05) is 43.4 Å². The molecular formula is C33H29N7O6. The van der Waals surface area contributed by atoms with E-state index in [0.717, 1.165) is 4.68 Å². The SMILES string of the molecule is Cc1nc2ccc3cc2c(N(C)C)c1C(=O)Nn1c(C(=O)O)c2c4ccc5nc(C)c(c(N(C)C)c5c4)c(=O)[nH]c-2c-3c1=C(O)O. The molecule has 1 amide bonds. The number of aromatic carboxylic acids is 1. The van der Waals surface area contributed by atoms with E-state index in [1.54, 1.807) is 88.2 Å². The van der Waals surface area contributed by atoms with Gasteiger partial charge in [-0.25, -0.2) is 9.47 Å². The van der Waals surface area contributed by atoms with E-state index in [2.05, 4.69) is 20.4 Å². The lowest BCUT2D eigenvalue weighted by Crippen LogP contribution is -2.41. The van der Waals surface area contributed by atoms with Crippen molar-refractivity contribution in [1.82, 2.24) is 19.6 Å². The summed E-state index contributed by atoms with van der Waals surface area (Å²) in [5, 5.41) is 33.9. The number of nitrogens with one attached hydrogen (secondary N) is 2. The number of carboxylic acid groups (broad SMARTS) is 1. The Hall–Kier alpha value is -6.11. The van der Waals surface area contributed by atoms with Crippen LogP contribution in [0.4, 0.5) is 11.4 Å². The van der Waals surface area contributed by atoms with Gasteiger partial charge in [-0.1, -0.05) is 12.1 Å². The van der Waals surface area contributed by atoms with E-state index in [1.165, 1.54) is 0 Å². The minimum absolute atomic E-state index is 0.000950. The summed E-state index contributed by atoms with van der Waals surface area (Å²) in [5.41, 5.74) is 5.34. The van der Waals surface area contributed by atoms with Gasteiger partial charge in [-0.2, -0.15) is 0 Å². The fraction of sp³-hybridized carbons (Fsp3) is 0.182. The smallest absolute Gasteiger partial charge is 0.355 e. The number of H-pyrrole nitrogens is 1. The van der Waals surface area contributed by atoms with E-state index in [0.29, 0.717) is 55.5 Å². The minimum Gasteiger partial charge on any atom is -0.480 e. The standard InChI is InChI=1S/C33H29N7O6/c1-13-21-26(38(3)4)17-11-15(7-9-19(17)34-13)23-25(36-30(21)41)24-16-8-10-20-18(12-16)27(39(5)6)22(14(2)35-20)31(42)37-40(28(23)32(43)44)29(24)33(45)46/h7-12,45-46H,1-6H3,(H,36,41)(H,37,42)(H,43,44). The van der Waals surface area contributed by atoms with E-state index in [4.69, 9.17) is 0 Å². The lowest BCUT2D eigenvalue weighted by atomic mass is 9.92. The highest BCUT2D eigenvalue weighted by molar-refractivity contribution is 6.14. The van der Waals surface area contributed by atoms with Crippen molar-refractivity contribution in [2.45, 2.75) is 13.8 Å². The number of nitrogens with zero attached hydrogens (tertiary/aromatic N) is 5. The Morgan fingerprint density at radius 2 is 1.43 bits per heavy atom. The molecular weight excluding hydrogens is 590 g/mol. The van der Waals surface area contributed by atoms with Crippen LogP contribution in [0.5, 0.6) is 0 Å². The van der Waals surface area contributed by atoms with Gasteiger partial charge in [0, 0.05) is 50.1 Å². The lowest BCUT2D eigenvalue weighted by Gasteiger charge is -2.26. The van der Waals surface area contributed by atoms with Crippen LogP contribution in [-0.2, 0) is 0 Å². The minimum atomic E-state index is -1.50. The largest absolute Gasteiger partial charge is 0.480 e.